The number of hydrogen-bond donors (Lipinski definition) is 3. The summed E-state index contributed by atoms with van der Waals surface area (Å²) in [5.41, 5.74) is 5.37. The lowest BCUT2D eigenvalue weighted by atomic mass is 10.6. The van der Waals surface area contributed by atoms with Gasteiger partial charge in [-0.3, -0.25) is 0 Å². The maximum atomic E-state index is 11.1. The van der Waals surface area contributed by atoms with Crippen LogP contribution in [0, 0.1) is 0 Å². The Morgan fingerprint density at radius 3 is 2.58 bits per heavy atom. The van der Waals surface area contributed by atoms with Gasteiger partial charge in [-0.2, -0.15) is 0 Å². The maximum Gasteiger partial charge on any atom is 0.374 e. The largest absolute Gasteiger partial charge is 0.460 e. The minimum absolute atomic E-state index is 0. The maximum absolute atomic E-state index is 11.1. The van der Waals surface area contributed by atoms with E-state index in [1.165, 1.54) is 4.57 Å². The Balaban J connectivity index is 0. The molecule has 0 saturated heterocycles. The standard InChI is InChI=1S/C7H11N3O2.C3H4N2.ClH.H3N/c1-3-12-7(11)6-9-5(8)4-10(6)2;1-2-5-3-4-1;;/h4H,3,8H2,1-2H3;1-3H,(H,4,5);1H;1H3. The van der Waals surface area contributed by atoms with Crippen molar-refractivity contribution in [2.75, 3.05) is 12.3 Å². The molecular formula is C10H19ClN6O2. The third kappa shape index (κ3) is 6.43. The molecule has 0 saturated carbocycles. The number of imidazole rings is 2. The van der Waals surface area contributed by atoms with E-state index in [4.69, 9.17) is 10.5 Å². The second-order valence-electron chi connectivity index (χ2n) is 3.08. The van der Waals surface area contributed by atoms with Crippen molar-refractivity contribution >= 4 is 24.2 Å². The number of aromatic nitrogens is 4. The van der Waals surface area contributed by atoms with E-state index in [9.17, 15) is 4.79 Å². The summed E-state index contributed by atoms with van der Waals surface area (Å²) in [6.45, 7) is 2.08. The molecule has 2 heterocycles. The monoisotopic (exact) mass is 290 g/mol. The third-order valence-electron chi connectivity index (χ3n) is 1.76. The summed E-state index contributed by atoms with van der Waals surface area (Å²) >= 11 is 0. The summed E-state index contributed by atoms with van der Waals surface area (Å²) in [5.74, 6) is 0.103. The van der Waals surface area contributed by atoms with Crippen LogP contribution in [-0.2, 0) is 11.8 Å². The van der Waals surface area contributed by atoms with Crippen molar-refractivity contribution in [1.82, 2.24) is 25.7 Å². The lowest BCUT2D eigenvalue weighted by molar-refractivity contribution is 0.0508. The highest BCUT2D eigenvalue weighted by atomic mass is 35.5. The molecule has 6 N–H and O–H groups in total. The van der Waals surface area contributed by atoms with Gasteiger partial charge in [0.2, 0.25) is 5.82 Å². The highest BCUT2D eigenvalue weighted by molar-refractivity contribution is 5.86. The quantitative estimate of drug-likeness (QED) is 0.711. The number of rotatable bonds is 2. The van der Waals surface area contributed by atoms with Gasteiger partial charge >= 0.3 is 5.97 Å². The Morgan fingerprint density at radius 1 is 1.58 bits per heavy atom. The van der Waals surface area contributed by atoms with Gasteiger partial charge in [0.1, 0.15) is 5.82 Å². The molecule has 19 heavy (non-hydrogen) atoms. The molecule has 0 radical (unpaired) electrons. The highest BCUT2D eigenvalue weighted by Crippen LogP contribution is 2.03. The van der Waals surface area contributed by atoms with Crippen LogP contribution in [0.5, 0.6) is 0 Å². The minimum Gasteiger partial charge on any atom is -0.460 e. The predicted molar refractivity (Wildman–Crippen MR) is 74.4 cm³/mol. The van der Waals surface area contributed by atoms with E-state index in [-0.39, 0.29) is 24.4 Å². The van der Waals surface area contributed by atoms with Crippen LogP contribution in [0.1, 0.15) is 17.5 Å². The summed E-state index contributed by atoms with van der Waals surface area (Å²) < 4.78 is 6.28. The van der Waals surface area contributed by atoms with Crippen molar-refractivity contribution in [3.05, 3.63) is 30.7 Å². The number of nitrogen functional groups attached to an aromatic ring is 1. The number of aromatic amines is 1. The molecule has 0 aliphatic carbocycles. The fraction of sp³-hybridized carbons (Fsp3) is 0.300. The number of nitrogens with one attached hydrogen (secondary N) is 1. The van der Waals surface area contributed by atoms with Crippen molar-refractivity contribution in [2.24, 2.45) is 7.05 Å². The Labute approximate surface area is 117 Å². The topological polar surface area (TPSA) is 134 Å². The second-order valence-corrected chi connectivity index (χ2v) is 3.08. The van der Waals surface area contributed by atoms with E-state index in [2.05, 4.69) is 15.0 Å². The number of ether oxygens (including phenoxy) is 1. The highest BCUT2D eigenvalue weighted by Gasteiger charge is 2.12. The zero-order valence-corrected chi connectivity index (χ0v) is 11.7. The predicted octanol–water partition coefficient (Wildman–Crippen LogP) is 1.17. The summed E-state index contributed by atoms with van der Waals surface area (Å²) in [6, 6.07) is 0. The molecule has 8 nitrogen and oxygen atoms in total. The van der Waals surface area contributed by atoms with Gasteiger partial charge in [0.15, 0.2) is 0 Å². The molecule has 0 aromatic carbocycles. The van der Waals surface area contributed by atoms with Crippen LogP contribution in [0.3, 0.4) is 0 Å². The number of aryl methyl sites for hydroxylation is 1. The summed E-state index contributed by atoms with van der Waals surface area (Å²) in [5, 5.41) is 0. The van der Waals surface area contributed by atoms with Gasteiger partial charge in [-0.15, -0.1) is 12.4 Å². The number of nitrogens with zero attached hydrogens (tertiary/aromatic N) is 3. The first kappa shape index (κ1) is 19.3. The van der Waals surface area contributed by atoms with Gasteiger partial charge in [-0.1, -0.05) is 0 Å². The van der Waals surface area contributed by atoms with Crippen LogP contribution in [0.15, 0.2) is 24.9 Å². The fourth-order valence-corrected chi connectivity index (χ4v) is 1.09. The lowest BCUT2D eigenvalue weighted by Crippen LogP contribution is -2.10. The van der Waals surface area contributed by atoms with Crippen LogP contribution in [0.2, 0.25) is 0 Å². The summed E-state index contributed by atoms with van der Waals surface area (Å²) in [6.07, 6.45) is 6.65. The smallest absolute Gasteiger partial charge is 0.374 e. The first-order valence-electron chi connectivity index (χ1n) is 5.03. The van der Waals surface area contributed by atoms with E-state index >= 15 is 0 Å². The van der Waals surface area contributed by atoms with Gasteiger partial charge in [0, 0.05) is 25.6 Å². The summed E-state index contributed by atoms with van der Waals surface area (Å²) in [7, 11) is 1.69. The molecule has 2 aromatic heterocycles. The van der Waals surface area contributed by atoms with Crippen LogP contribution < -0.4 is 11.9 Å². The number of carbonyl (C=O) groups is 1. The van der Waals surface area contributed by atoms with E-state index in [1.807, 2.05) is 0 Å². The van der Waals surface area contributed by atoms with Crippen LogP contribution in [0.4, 0.5) is 5.82 Å². The number of nitrogens with two attached hydrogens (primary N) is 1. The number of hydrogen-bond acceptors (Lipinski definition) is 6. The average Bonchev–Trinajstić information content (AvgIpc) is 2.91. The molecule has 2 aromatic rings. The lowest BCUT2D eigenvalue weighted by Gasteiger charge is -1.99. The number of anilines is 1. The Kier molecular flexibility index (Phi) is 10.1. The van der Waals surface area contributed by atoms with E-state index < -0.39 is 5.97 Å². The van der Waals surface area contributed by atoms with Gasteiger partial charge in [0.25, 0.3) is 0 Å². The normalized spacial score (nSPS) is 8.32. The van der Waals surface area contributed by atoms with Gasteiger partial charge in [-0.05, 0) is 6.92 Å². The third-order valence-corrected chi connectivity index (χ3v) is 1.76. The fourth-order valence-electron chi connectivity index (χ4n) is 1.09. The zero-order valence-electron chi connectivity index (χ0n) is 10.9. The molecule has 0 aliphatic heterocycles. The zero-order chi connectivity index (χ0) is 12.7. The molecule has 0 spiro atoms. The molecular weight excluding hydrogens is 272 g/mol. The number of carbonyl (C=O) groups excluding carboxylic acids is 1. The molecule has 9 heteroatoms. The van der Waals surface area contributed by atoms with Crippen LogP contribution in [-0.4, -0.2) is 32.1 Å². The Hall–Kier alpha value is -2.06. The molecule has 0 unspecified atom stereocenters. The average molecular weight is 291 g/mol. The summed E-state index contributed by atoms with van der Waals surface area (Å²) in [4.78, 5) is 21.3. The van der Waals surface area contributed by atoms with Gasteiger partial charge in [0.05, 0.1) is 12.9 Å². The number of esters is 1. The van der Waals surface area contributed by atoms with E-state index in [1.54, 1.807) is 38.9 Å². The van der Waals surface area contributed by atoms with Crippen molar-refractivity contribution in [2.45, 2.75) is 6.92 Å². The molecule has 0 bridgehead atoms. The minimum atomic E-state index is -0.448. The Morgan fingerprint density at radius 2 is 2.26 bits per heavy atom. The molecule has 0 atom stereocenters. The van der Waals surface area contributed by atoms with Gasteiger partial charge < -0.3 is 26.2 Å². The second kappa shape index (κ2) is 9.92. The molecule has 0 aliphatic rings. The van der Waals surface area contributed by atoms with Gasteiger partial charge in [-0.25, -0.2) is 14.8 Å². The van der Waals surface area contributed by atoms with E-state index in [0.717, 1.165) is 0 Å². The molecule has 0 amide bonds. The van der Waals surface area contributed by atoms with Crippen molar-refractivity contribution in [3.63, 3.8) is 0 Å². The number of H-pyrrole nitrogens is 1. The molecule has 2 rings (SSSR count). The van der Waals surface area contributed by atoms with Crippen LogP contribution >= 0.6 is 12.4 Å². The first-order chi connectivity index (χ1) is 8.15. The molecule has 0 fully saturated rings. The van der Waals surface area contributed by atoms with Crippen LogP contribution in [0.25, 0.3) is 0 Å². The van der Waals surface area contributed by atoms with Crippen molar-refractivity contribution < 1.29 is 9.53 Å². The molecule has 108 valence electrons. The van der Waals surface area contributed by atoms with E-state index in [0.29, 0.717) is 12.4 Å². The SMILES string of the molecule is CCOC(=O)c1nc(N)cn1C.Cl.N.c1c[nH]cn1. The number of halogens is 1. The first-order valence-corrected chi connectivity index (χ1v) is 5.03. The van der Waals surface area contributed by atoms with Crippen molar-refractivity contribution in [1.29, 1.82) is 0 Å². The Bertz CT molecular complexity index is 439. The van der Waals surface area contributed by atoms with Crippen molar-refractivity contribution in [3.8, 4) is 0 Å².